The number of halogens is 1. The van der Waals surface area contributed by atoms with Crippen LogP contribution in [0.3, 0.4) is 0 Å². The number of amides is 1. The SMILES string of the molecule is Cc1cc(Cl)ccc1C(=O)N1CCc2c(nnn2-c2cnccn2)C1. The van der Waals surface area contributed by atoms with Crippen molar-refractivity contribution in [2.75, 3.05) is 6.54 Å². The van der Waals surface area contributed by atoms with Crippen LogP contribution in [0.15, 0.2) is 36.8 Å². The molecule has 4 rings (SSSR count). The number of hydrogen-bond acceptors (Lipinski definition) is 5. The van der Waals surface area contributed by atoms with Gasteiger partial charge in [0.1, 0.15) is 5.69 Å². The second kappa shape index (κ2) is 6.25. The number of rotatable bonds is 2. The van der Waals surface area contributed by atoms with E-state index >= 15 is 0 Å². The van der Waals surface area contributed by atoms with E-state index < -0.39 is 0 Å². The molecule has 2 aromatic heterocycles. The summed E-state index contributed by atoms with van der Waals surface area (Å²) in [6, 6.07) is 5.31. The Labute approximate surface area is 149 Å². The monoisotopic (exact) mass is 354 g/mol. The van der Waals surface area contributed by atoms with E-state index in [1.54, 1.807) is 46.4 Å². The lowest BCUT2D eigenvalue weighted by molar-refractivity contribution is 0.0730. The Kier molecular flexibility index (Phi) is 3.93. The van der Waals surface area contributed by atoms with E-state index in [1.807, 2.05) is 6.92 Å². The van der Waals surface area contributed by atoms with Gasteiger partial charge in [-0.3, -0.25) is 9.78 Å². The number of carbonyl (C=O) groups excluding carboxylic acids is 1. The molecular formula is C17H15ClN6O. The minimum atomic E-state index is -0.0196. The molecule has 1 aliphatic rings. The summed E-state index contributed by atoms with van der Waals surface area (Å²) in [5.74, 6) is 0.610. The zero-order valence-electron chi connectivity index (χ0n) is 13.6. The van der Waals surface area contributed by atoms with Crippen molar-refractivity contribution in [1.82, 2.24) is 29.9 Å². The van der Waals surface area contributed by atoms with E-state index in [-0.39, 0.29) is 5.91 Å². The molecule has 0 spiro atoms. The molecule has 8 heteroatoms. The number of fused-ring (bicyclic) bond motifs is 1. The first-order chi connectivity index (χ1) is 12.1. The van der Waals surface area contributed by atoms with Gasteiger partial charge < -0.3 is 4.90 Å². The fourth-order valence-electron chi connectivity index (χ4n) is 3.00. The average molecular weight is 355 g/mol. The predicted octanol–water partition coefficient (Wildman–Crippen LogP) is 2.22. The summed E-state index contributed by atoms with van der Waals surface area (Å²) >= 11 is 5.98. The van der Waals surface area contributed by atoms with E-state index in [0.29, 0.717) is 35.9 Å². The van der Waals surface area contributed by atoms with Crippen molar-refractivity contribution in [2.45, 2.75) is 19.9 Å². The Balaban J connectivity index is 1.60. The first-order valence-corrected chi connectivity index (χ1v) is 8.26. The molecule has 1 aromatic carbocycles. The first kappa shape index (κ1) is 15.7. The lowest BCUT2D eigenvalue weighted by Gasteiger charge is -2.27. The number of nitrogens with zero attached hydrogens (tertiary/aromatic N) is 6. The van der Waals surface area contributed by atoms with Crippen LogP contribution in [-0.2, 0) is 13.0 Å². The molecule has 126 valence electrons. The fourth-order valence-corrected chi connectivity index (χ4v) is 3.23. The minimum absolute atomic E-state index is 0.0196. The average Bonchev–Trinajstić information content (AvgIpc) is 3.05. The third-order valence-electron chi connectivity index (χ3n) is 4.28. The van der Waals surface area contributed by atoms with Crippen molar-refractivity contribution in [1.29, 1.82) is 0 Å². The molecule has 3 aromatic rings. The van der Waals surface area contributed by atoms with Gasteiger partial charge in [-0.2, -0.15) is 4.68 Å². The molecule has 0 radical (unpaired) electrons. The third kappa shape index (κ3) is 2.87. The largest absolute Gasteiger partial charge is 0.332 e. The molecule has 0 atom stereocenters. The van der Waals surface area contributed by atoms with Gasteiger partial charge in [0.05, 0.1) is 18.4 Å². The Morgan fingerprint density at radius 3 is 2.92 bits per heavy atom. The Hall–Kier alpha value is -2.80. The van der Waals surface area contributed by atoms with Gasteiger partial charge in [-0.05, 0) is 30.7 Å². The van der Waals surface area contributed by atoms with Crippen molar-refractivity contribution in [3.05, 3.63) is 64.3 Å². The Morgan fingerprint density at radius 1 is 1.28 bits per heavy atom. The topological polar surface area (TPSA) is 76.8 Å². The molecule has 3 heterocycles. The van der Waals surface area contributed by atoms with Gasteiger partial charge in [-0.15, -0.1) is 5.10 Å². The third-order valence-corrected chi connectivity index (χ3v) is 4.51. The summed E-state index contributed by atoms with van der Waals surface area (Å²) in [5.41, 5.74) is 3.29. The van der Waals surface area contributed by atoms with Crippen molar-refractivity contribution >= 4 is 17.5 Å². The number of aryl methyl sites for hydroxylation is 1. The molecule has 25 heavy (non-hydrogen) atoms. The van der Waals surface area contributed by atoms with E-state index in [4.69, 9.17) is 11.6 Å². The number of aromatic nitrogens is 5. The molecule has 1 aliphatic heterocycles. The molecule has 0 saturated heterocycles. The van der Waals surface area contributed by atoms with Gasteiger partial charge in [0, 0.05) is 35.9 Å². The van der Waals surface area contributed by atoms with Crippen LogP contribution >= 0.6 is 11.6 Å². The van der Waals surface area contributed by atoms with Gasteiger partial charge in [0.25, 0.3) is 5.91 Å². The predicted molar refractivity (Wildman–Crippen MR) is 91.6 cm³/mol. The lowest BCUT2D eigenvalue weighted by Crippen LogP contribution is -2.36. The second-order valence-electron chi connectivity index (χ2n) is 5.89. The van der Waals surface area contributed by atoms with Crippen molar-refractivity contribution < 1.29 is 4.79 Å². The maximum Gasteiger partial charge on any atom is 0.254 e. The van der Waals surface area contributed by atoms with Crippen LogP contribution in [0.1, 0.15) is 27.3 Å². The normalized spacial score (nSPS) is 13.6. The molecule has 0 bridgehead atoms. The van der Waals surface area contributed by atoms with Crippen molar-refractivity contribution in [3.8, 4) is 5.82 Å². The summed E-state index contributed by atoms with van der Waals surface area (Å²) in [6.45, 7) is 2.91. The molecule has 1 amide bonds. The van der Waals surface area contributed by atoms with Crippen LogP contribution in [-0.4, -0.2) is 42.3 Å². The molecule has 7 nitrogen and oxygen atoms in total. The molecular weight excluding hydrogens is 340 g/mol. The zero-order valence-corrected chi connectivity index (χ0v) is 14.3. The minimum Gasteiger partial charge on any atom is -0.332 e. The molecule has 0 saturated carbocycles. The summed E-state index contributed by atoms with van der Waals surface area (Å²) < 4.78 is 1.69. The first-order valence-electron chi connectivity index (χ1n) is 7.89. The highest BCUT2D eigenvalue weighted by atomic mass is 35.5. The summed E-state index contributed by atoms with van der Waals surface area (Å²) in [4.78, 5) is 22.9. The van der Waals surface area contributed by atoms with Crippen LogP contribution in [0, 0.1) is 6.92 Å². The van der Waals surface area contributed by atoms with Crippen molar-refractivity contribution in [3.63, 3.8) is 0 Å². The molecule has 0 aliphatic carbocycles. The summed E-state index contributed by atoms with van der Waals surface area (Å²) in [5, 5.41) is 9.03. The Bertz CT molecular complexity index is 940. The quantitative estimate of drug-likeness (QED) is 0.705. The van der Waals surface area contributed by atoms with Gasteiger partial charge >= 0.3 is 0 Å². The highest BCUT2D eigenvalue weighted by Gasteiger charge is 2.27. The number of benzene rings is 1. The van der Waals surface area contributed by atoms with Gasteiger partial charge in [-0.1, -0.05) is 16.8 Å². The zero-order chi connectivity index (χ0) is 17.4. The summed E-state index contributed by atoms with van der Waals surface area (Å²) in [7, 11) is 0. The Morgan fingerprint density at radius 2 is 2.16 bits per heavy atom. The van der Waals surface area contributed by atoms with Gasteiger partial charge in [-0.25, -0.2) is 4.98 Å². The molecule has 0 unspecified atom stereocenters. The highest BCUT2D eigenvalue weighted by Crippen LogP contribution is 2.22. The van der Waals surface area contributed by atoms with Crippen LogP contribution < -0.4 is 0 Å². The molecule has 0 N–H and O–H groups in total. The highest BCUT2D eigenvalue weighted by molar-refractivity contribution is 6.30. The van der Waals surface area contributed by atoms with Crippen LogP contribution in [0.5, 0.6) is 0 Å². The number of hydrogen-bond donors (Lipinski definition) is 0. The number of carbonyl (C=O) groups is 1. The smallest absolute Gasteiger partial charge is 0.254 e. The standard InChI is InChI=1S/C17H15ClN6O/c1-11-8-12(18)2-3-13(11)17(25)23-7-4-15-14(10-23)21-22-24(15)16-9-19-5-6-20-16/h2-3,5-6,8-9H,4,7,10H2,1H3. The maximum atomic E-state index is 12.8. The fraction of sp³-hybridized carbons (Fsp3) is 0.235. The van der Waals surface area contributed by atoms with Gasteiger partial charge in [0.15, 0.2) is 5.82 Å². The van der Waals surface area contributed by atoms with Crippen LogP contribution in [0.2, 0.25) is 5.02 Å². The van der Waals surface area contributed by atoms with Crippen LogP contribution in [0.4, 0.5) is 0 Å². The van der Waals surface area contributed by atoms with Crippen molar-refractivity contribution in [2.24, 2.45) is 0 Å². The maximum absolute atomic E-state index is 12.8. The van der Waals surface area contributed by atoms with Crippen LogP contribution in [0.25, 0.3) is 5.82 Å². The lowest BCUT2D eigenvalue weighted by atomic mass is 10.1. The molecule has 0 fully saturated rings. The van der Waals surface area contributed by atoms with E-state index in [9.17, 15) is 4.79 Å². The van der Waals surface area contributed by atoms with E-state index in [1.165, 1.54) is 0 Å². The summed E-state index contributed by atoms with van der Waals surface area (Å²) in [6.07, 6.45) is 5.54. The second-order valence-corrected chi connectivity index (χ2v) is 6.33. The van der Waals surface area contributed by atoms with E-state index in [2.05, 4.69) is 20.3 Å². The van der Waals surface area contributed by atoms with Gasteiger partial charge in [0.2, 0.25) is 0 Å². The van der Waals surface area contributed by atoms with E-state index in [0.717, 1.165) is 17.0 Å².